The summed E-state index contributed by atoms with van der Waals surface area (Å²) in [6.07, 6.45) is 2.09. The van der Waals surface area contributed by atoms with Crippen molar-refractivity contribution in [3.05, 3.63) is 29.8 Å². The Labute approximate surface area is 207 Å². The van der Waals surface area contributed by atoms with Gasteiger partial charge in [0.15, 0.2) is 0 Å². The Kier molecular flexibility index (Phi) is 7.45. The Balaban J connectivity index is 1.58. The van der Waals surface area contributed by atoms with Gasteiger partial charge < -0.3 is 14.7 Å². The standard InChI is InChI=1S/C23H30F2N8O3/c1-4-8-33-22(26-14-27-33)36-12-19-21(29-30-31(19)3)17-6-7-18(16(5-2)28-17)32-11-15(9-20(34)35)10-23(24,25)13-32/h6-7,14-15H,4-5,8-13H2,1-3H3,(H,34,35)/t15-/m0/s1. The SMILES string of the molecule is CCCn1ncnc1OCc1c(-c2ccc(N3C[C@@H](CC(=O)O)CC(F)(F)C3)c(CC)n2)nnn1C. The number of ether oxygens (including phenoxy) is 1. The molecule has 0 amide bonds. The summed E-state index contributed by atoms with van der Waals surface area (Å²) in [6.45, 7) is 4.51. The van der Waals surface area contributed by atoms with Crippen molar-refractivity contribution in [3.63, 3.8) is 0 Å². The third kappa shape index (κ3) is 5.60. The highest BCUT2D eigenvalue weighted by Crippen LogP contribution is 2.36. The van der Waals surface area contributed by atoms with Crippen LogP contribution in [0.3, 0.4) is 0 Å². The lowest BCUT2D eigenvalue weighted by Crippen LogP contribution is -2.48. The van der Waals surface area contributed by atoms with Crippen molar-refractivity contribution in [2.24, 2.45) is 13.0 Å². The lowest BCUT2D eigenvalue weighted by molar-refractivity contribution is -0.139. The largest absolute Gasteiger partial charge is 0.481 e. The minimum absolute atomic E-state index is 0.140. The number of hydrogen-bond acceptors (Lipinski definition) is 8. The van der Waals surface area contributed by atoms with E-state index in [1.165, 1.54) is 6.33 Å². The van der Waals surface area contributed by atoms with Gasteiger partial charge in [0.2, 0.25) is 0 Å². The van der Waals surface area contributed by atoms with Gasteiger partial charge in [0.25, 0.3) is 5.92 Å². The Morgan fingerprint density at radius 1 is 1.31 bits per heavy atom. The number of aromatic nitrogens is 7. The number of rotatable bonds is 10. The van der Waals surface area contributed by atoms with Crippen LogP contribution in [0.15, 0.2) is 18.5 Å². The zero-order valence-electron chi connectivity index (χ0n) is 20.6. The van der Waals surface area contributed by atoms with Gasteiger partial charge in [0.05, 0.1) is 30.0 Å². The second-order valence-electron chi connectivity index (χ2n) is 8.98. The van der Waals surface area contributed by atoms with Gasteiger partial charge in [-0.3, -0.25) is 4.79 Å². The number of aryl methyl sites for hydroxylation is 3. The van der Waals surface area contributed by atoms with Crippen LogP contribution in [0.2, 0.25) is 0 Å². The molecule has 4 heterocycles. The molecule has 0 saturated carbocycles. The van der Waals surface area contributed by atoms with Crippen molar-refractivity contribution in [1.29, 1.82) is 0 Å². The van der Waals surface area contributed by atoms with E-state index in [0.717, 1.165) is 6.42 Å². The highest BCUT2D eigenvalue weighted by atomic mass is 19.3. The van der Waals surface area contributed by atoms with Crippen LogP contribution in [0.4, 0.5) is 14.5 Å². The van der Waals surface area contributed by atoms with Crippen molar-refractivity contribution >= 4 is 11.7 Å². The van der Waals surface area contributed by atoms with Gasteiger partial charge in [0, 0.05) is 26.6 Å². The molecule has 194 valence electrons. The van der Waals surface area contributed by atoms with E-state index in [0.29, 0.717) is 47.4 Å². The number of aliphatic carboxylic acids is 1. The van der Waals surface area contributed by atoms with E-state index in [9.17, 15) is 13.6 Å². The summed E-state index contributed by atoms with van der Waals surface area (Å²) < 4.78 is 38.1. The quantitative estimate of drug-likeness (QED) is 0.444. The van der Waals surface area contributed by atoms with Gasteiger partial charge in [0.1, 0.15) is 24.3 Å². The number of alkyl halides is 2. The van der Waals surface area contributed by atoms with Gasteiger partial charge in [-0.25, -0.2) is 23.1 Å². The first-order valence-corrected chi connectivity index (χ1v) is 11.9. The van der Waals surface area contributed by atoms with E-state index >= 15 is 0 Å². The van der Waals surface area contributed by atoms with Gasteiger partial charge in [-0.1, -0.05) is 19.1 Å². The van der Waals surface area contributed by atoms with Gasteiger partial charge in [-0.2, -0.15) is 10.1 Å². The van der Waals surface area contributed by atoms with Crippen LogP contribution in [0.1, 0.15) is 44.5 Å². The number of anilines is 1. The Morgan fingerprint density at radius 2 is 2.11 bits per heavy atom. The summed E-state index contributed by atoms with van der Waals surface area (Å²) in [6, 6.07) is 3.86. The molecular formula is C23H30F2N8O3. The predicted molar refractivity (Wildman–Crippen MR) is 126 cm³/mol. The van der Waals surface area contributed by atoms with Crippen molar-refractivity contribution in [1.82, 2.24) is 34.7 Å². The second kappa shape index (κ2) is 10.5. The van der Waals surface area contributed by atoms with E-state index in [1.54, 1.807) is 33.4 Å². The molecule has 3 aromatic heterocycles. The molecule has 0 bridgehead atoms. The molecule has 36 heavy (non-hydrogen) atoms. The average Bonchev–Trinajstić information content (AvgIpc) is 3.41. The molecule has 0 aromatic carbocycles. The minimum atomic E-state index is -2.98. The number of hydrogen-bond donors (Lipinski definition) is 1. The molecule has 11 nitrogen and oxygen atoms in total. The fraction of sp³-hybridized carbons (Fsp3) is 0.565. The zero-order chi connectivity index (χ0) is 25.9. The number of carboxylic acid groups (broad SMARTS) is 1. The van der Waals surface area contributed by atoms with E-state index in [1.807, 2.05) is 13.8 Å². The number of pyridine rings is 1. The fourth-order valence-electron chi connectivity index (χ4n) is 4.55. The molecule has 1 fully saturated rings. The van der Waals surface area contributed by atoms with Crippen LogP contribution in [0, 0.1) is 5.92 Å². The Bertz CT molecular complexity index is 1210. The first-order valence-electron chi connectivity index (χ1n) is 11.9. The van der Waals surface area contributed by atoms with Crippen LogP contribution in [0.25, 0.3) is 11.4 Å². The highest BCUT2D eigenvalue weighted by molar-refractivity contribution is 5.67. The fourth-order valence-corrected chi connectivity index (χ4v) is 4.55. The van der Waals surface area contributed by atoms with Crippen LogP contribution >= 0.6 is 0 Å². The van der Waals surface area contributed by atoms with E-state index in [4.69, 9.17) is 14.8 Å². The summed E-state index contributed by atoms with van der Waals surface area (Å²) in [5.74, 6) is -4.70. The van der Waals surface area contributed by atoms with Crippen LogP contribution < -0.4 is 9.64 Å². The average molecular weight is 505 g/mol. The van der Waals surface area contributed by atoms with Crippen molar-refractivity contribution in [2.75, 3.05) is 18.0 Å². The van der Waals surface area contributed by atoms with Crippen LogP contribution in [-0.2, 0) is 31.4 Å². The summed E-state index contributed by atoms with van der Waals surface area (Å²) in [7, 11) is 1.75. The number of halogens is 2. The highest BCUT2D eigenvalue weighted by Gasteiger charge is 2.41. The van der Waals surface area contributed by atoms with Gasteiger partial charge in [-0.15, -0.1) is 5.10 Å². The molecule has 4 rings (SSSR count). The topological polar surface area (TPSA) is 124 Å². The Morgan fingerprint density at radius 3 is 2.83 bits per heavy atom. The van der Waals surface area contributed by atoms with Crippen molar-refractivity contribution in [3.8, 4) is 17.4 Å². The zero-order valence-corrected chi connectivity index (χ0v) is 20.6. The molecule has 1 aliphatic heterocycles. The lowest BCUT2D eigenvalue weighted by atomic mass is 9.91. The van der Waals surface area contributed by atoms with Gasteiger partial charge in [-0.05, 0) is 30.9 Å². The molecule has 0 radical (unpaired) electrons. The Hall–Kier alpha value is -3.64. The maximum Gasteiger partial charge on any atom is 0.315 e. The molecule has 13 heteroatoms. The first-order chi connectivity index (χ1) is 17.2. The molecule has 1 saturated heterocycles. The van der Waals surface area contributed by atoms with E-state index < -0.39 is 30.8 Å². The van der Waals surface area contributed by atoms with Crippen LogP contribution in [-0.4, -0.2) is 64.8 Å². The molecule has 0 unspecified atom stereocenters. The number of carboxylic acids is 1. The third-order valence-electron chi connectivity index (χ3n) is 6.12. The third-order valence-corrected chi connectivity index (χ3v) is 6.12. The molecular weight excluding hydrogens is 474 g/mol. The minimum Gasteiger partial charge on any atom is -0.481 e. The monoisotopic (exact) mass is 504 g/mol. The lowest BCUT2D eigenvalue weighted by Gasteiger charge is -2.39. The summed E-state index contributed by atoms with van der Waals surface area (Å²) in [5, 5.41) is 21.7. The van der Waals surface area contributed by atoms with Crippen molar-refractivity contribution in [2.45, 2.75) is 58.6 Å². The van der Waals surface area contributed by atoms with Gasteiger partial charge >= 0.3 is 12.0 Å². The molecule has 1 atom stereocenters. The maximum atomic E-state index is 14.5. The molecule has 0 aliphatic carbocycles. The maximum absolute atomic E-state index is 14.5. The number of nitrogens with zero attached hydrogens (tertiary/aromatic N) is 8. The number of piperidine rings is 1. The van der Waals surface area contributed by atoms with E-state index in [2.05, 4.69) is 20.4 Å². The second-order valence-corrected chi connectivity index (χ2v) is 8.98. The summed E-state index contributed by atoms with van der Waals surface area (Å²) in [4.78, 5) is 21.6. The van der Waals surface area contributed by atoms with E-state index in [-0.39, 0.29) is 19.6 Å². The summed E-state index contributed by atoms with van der Waals surface area (Å²) in [5.41, 5.74) is 2.94. The molecule has 3 aromatic rings. The summed E-state index contributed by atoms with van der Waals surface area (Å²) >= 11 is 0. The molecule has 1 N–H and O–H groups in total. The first kappa shape index (κ1) is 25.5. The normalized spacial score (nSPS) is 17.4. The molecule has 0 spiro atoms. The smallest absolute Gasteiger partial charge is 0.315 e. The predicted octanol–water partition coefficient (Wildman–Crippen LogP) is 2.96. The van der Waals surface area contributed by atoms with Crippen molar-refractivity contribution < 1.29 is 23.4 Å². The van der Waals surface area contributed by atoms with Crippen LogP contribution in [0.5, 0.6) is 6.01 Å². The number of carbonyl (C=O) groups is 1. The molecule has 1 aliphatic rings.